The van der Waals surface area contributed by atoms with E-state index in [1.54, 1.807) is 0 Å². The Morgan fingerprint density at radius 1 is 0.882 bits per heavy atom. The molecule has 4 heteroatoms. The lowest BCUT2D eigenvalue weighted by molar-refractivity contribution is 0.199. The molecule has 2 aliphatic rings. The monoisotopic (exact) mass is 238 g/mol. The minimum Gasteiger partial charge on any atom is -0.343 e. The Labute approximate surface area is 105 Å². The van der Waals surface area contributed by atoms with Crippen molar-refractivity contribution in [1.29, 1.82) is 0 Å². The third-order valence-electron chi connectivity index (χ3n) is 3.55. The fraction of sp³-hybridized carbons (Fsp3) is 0.923. The SMILES string of the molecule is CC(C)/N=C(/N1CCCC1)N1CCN(C)CC1. The fourth-order valence-electron chi connectivity index (χ4n) is 2.52. The van der Waals surface area contributed by atoms with Crippen LogP contribution in [0.5, 0.6) is 0 Å². The van der Waals surface area contributed by atoms with Crippen LogP contribution in [0.1, 0.15) is 26.7 Å². The lowest BCUT2D eigenvalue weighted by atomic mass is 10.3. The molecule has 2 rings (SSSR count). The molecule has 0 aliphatic carbocycles. The predicted octanol–water partition coefficient (Wildman–Crippen LogP) is 1.09. The molecule has 0 bridgehead atoms. The fourth-order valence-corrected chi connectivity index (χ4v) is 2.52. The van der Waals surface area contributed by atoms with E-state index in [0.717, 1.165) is 26.2 Å². The van der Waals surface area contributed by atoms with Gasteiger partial charge in [-0.2, -0.15) is 0 Å². The van der Waals surface area contributed by atoms with Gasteiger partial charge in [0.05, 0.1) is 0 Å². The number of aliphatic imine (C=N–C) groups is 1. The molecule has 0 amide bonds. The van der Waals surface area contributed by atoms with Crippen LogP contribution in [0.3, 0.4) is 0 Å². The van der Waals surface area contributed by atoms with Gasteiger partial charge in [-0.05, 0) is 33.7 Å². The van der Waals surface area contributed by atoms with Crippen molar-refractivity contribution in [3.63, 3.8) is 0 Å². The number of guanidine groups is 1. The van der Waals surface area contributed by atoms with Crippen molar-refractivity contribution in [3.05, 3.63) is 0 Å². The normalized spacial score (nSPS) is 23.9. The molecule has 0 aromatic carbocycles. The number of likely N-dealkylation sites (N-methyl/N-ethyl adjacent to an activating group) is 1. The maximum absolute atomic E-state index is 4.86. The van der Waals surface area contributed by atoms with Crippen LogP contribution < -0.4 is 0 Å². The molecule has 0 spiro atoms. The Kier molecular flexibility index (Phi) is 4.26. The van der Waals surface area contributed by atoms with Crippen molar-refractivity contribution in [2.45, 2.75) is 32.7 Å². The van der Waals surface area contributed by atoms with Crippen molar-refractivity contribution in [2.75, 3.05) is 46.3 Å². The van der Waals surface area contributed by atoms with Crippen LogP contribution in [-0.4, -0.2) is 73.0 Å². The zero-order chi connectivity index (χ0) is 12.3. The van der Waals surface area contributed by atoms with E-state index in [1.165, 1.54) is 31.9 Å². The van der Waals surface area contributed by atoms with Gasteiger partial charge in [-0.25, -0.2) is 0 Å². The van der Waals surface area contributed by atoms with Crippen LogP contribution in [0.4, 0.5) is 0 Å². The molecule has 17 heavy (non-hydrogen) atoms. The van der Waals surface area contributed by atoms with Crippen molar-refractivity contribution < 1.29 is 0 Å². The number of likely N-dealkylation sites (tertiary alicyclic amines) is 1. The number of piperazine rings is 1. The van der Waals surface area contributed by atoms with Crippen molar-refractivity contribution in [1.82, 2.24) is 14.7 Å². The zero-order valence-corrected chi connectivity index (χ0v) is 11.5. The molecule has 0 aromatic heterocycles. The molecular weight excluding hydrogens is 212 g/mol. The first-order valence-corrected chi connectivity index (χ1v) is 6.93. The van der Waals surface area contributed by atoms with Gasteiger partial charge in [-0.3, -0.25) is 4.99 Å². The van der Waals surface area contributed by atoms with E-state index in [2.05, 4.69) is 35.6 Å². The largest absolute Gasteiger partial charge is 0.343 e. The average Bonchev–Trinajstić information content (AvgIpc) is 2.80. The van der Waals surface area contributed by atoms with Gasteiger partial charge < -0.3 is 14.7 Å². The first-order valence-electron chi connectivity index (χ1n) is 6.93. The third kappa shape index (κ3) is 3.35. The van der Waals surface area contributed by atoms with Gasteiger partial charge in [-0.1, -0.05) is 0 Å². The van der Waals surface area contributed by atoms with Crippen LogP contribution in [0.25, 0.3) is 0 Å². The van der Waals surface area contributed by atoms with Gasteiger partial charge >= 0.3 is 0 Å². The molecule has 2 saturated heterocycles. The Morgan fingerprint density at radius 2 is 1.41 bits per heavy atom. The van der Waals surface area contributed by atoms with Crippen LogP contribution in [0.15, 0.2) is 4.99 Å². The summed E-state index contributed by atoms with van der Waals surface area (Å²) in [7, 11) is 2.20. The van der Waals surface area contributed by atoms with Crippen molar-refractivity contribution in [3.8, 4) is 0 Å². The molecule has 0 unspecified atom stereocenters. The van der Waals surface area contributed by atoms with E-state index in [9.17, 15) is 0 Å². The Balaban J connectivity index is 2.04. The molecule has 2 heterocycles. The van der Waals surface area contributed by atoms with E-state index in [0.29, 0.717) is 6.04 Å². The van der Waals surface area contributed by atoms with Gasteiger partial charge in [0.2, 0.25) is 0 Å². The number of rotatable bonds is 1. The minimum atomic E-state index is 0.394. The molecule has 98 valence electrons. The molecule has 2 aliphatic heterocycles. The number of hydrogen-bond donors (Lipinski definition) is 0. The quantitative estimate of drug-likeness (QED) is 0.504. The van der Waals surface area contributed by atoms with Gasteiger partial charge in [-0.15, -0.1) is 0 Å². The van der Waals surface area contributed by atoms with Crippen LogP contribution in [-0.2, 0) is 0 Å². The molecule has 2 fully saturated rings. The highest BCUT2D eigenvalue weighted by Gasteiger charge is 2.24. The maximum Gasteiger partial charge on any atom is 0.196 e. The van der Waals surface area contributed by atoms with E-state index in [1.807, 2.05) is 0 Å². The summed E-state index contributed by atoms with van der Waals surface area (Å²) in [6.07, 6.45) is 2.65. The highest BCUT2D eigenvalue weighted by Crippen LogP contribution is 2.13. The van der Waals surface area contributed by atoms with E-state index in [4.69, 9.17) is 4.99 Å². The third-order valence-corrected chi connectivity index (χ3v) is 3.55. The summed E-state index contributed by atoms with van der Waals surface area (Å²) in [6, 6.07) is 0.394. The molecule has 4 nitrogen and oxygen atoms in total. The van der Waals surface area contributed by atoms with Gasteiger partial charge in [0.25, 0.3) is 0 Å². The van der Waals surface area contributed by atoms with Crippen molar-refractivity contribution in [2.24, 2.45) is 4.99 Å². The average molecular weight is 238 g/mol. The molecule has 0 atom stereocenters. The Hall–Kier alpha value is -0.770. The smallest absolute Gasteiger partial charge is 0.196 e. The highest BCUT2D eigenvalue weighted by molar-refractivity contribution is 5.80. The molecule has 0 aromatic rings. The molecule has 0 radical (unpaired) electrons. The van der Waals surface area contributed by atoms with Gasteiger partial charge in [0.15, 0.2) is 5.96 Å². The van der Waals surface area contributed by atoms with Crippen LogP contribution in [0.2, 0.25) is 0 Å². The maximum atomic E-state index is 4.86. The summed E-state index contributed by atoms with van der Waals surface area (Å²) in [5.74, 6) is 1.26. The topological polar surface area (TPSA) is 22.1 Å². The summed E-state index contributed by atoms with van der Waals surface area (Å²) in [5, 5.41) is 0. The Bertz CT molecular complexity index is 261. The van der Waals surface area contributed by atoms with E-state index in [-0.39, 0.29) is 0 Å². The summed E-state index contributed by atoms with van der Waals surface area (Å²) in [6.45, 7) is 11.3. The lowest BCUT2D eigenvalue weighted by Gasteiger charge is -2.38. The lowest BCUT2D eigenvalue weighted by Crippen LogP contribution is -2.52. The standard InChI is InChI=1S/C13H26N4/c1-12(2)14-13(16-6-4-5-7-16)17-10-8-15(3)9-11-17/h12H,4-11H2,1-3H3/b14-13-. The summed E-state index contributed by atoms with van der Waals surface area (Å²) in [5.41, 5.74) is 0. The second-order valence-corrected chi connectivity index (χ2v) is 5.51. The minimum absolute atomic E-state index is 0.394. The van der Waals surface area contributed by atoms with Crippen LogP contribution >= 0.6 is 0 Å². The summed E-state index contributed by atoms with van der Waals surface area (Å²) >= 11 is 0. The summed E-state index contributed by atoms with van der Waals surface area (Å²) in [4.78, 5) is 12.2. The molecule has 0 N–H and O–H groups in total. The zero-order valence-electron chi connectivity index (χ0n) is 11.5. The number of nitrogens with zero attached hydrogens (tertiary/aromatic N) is 4. The number of hydrogen-bond acceptors (Lipinski definition) is 2. The second kappa shape index (κ2) is 5.71. The van der Waals surface area contributed by atoms with E-state index < -0.39 is 0 Å². The predicted molar refractivity (Wildman–Crippen MR) is 72.4 cm³/mol. The first kappa shape index (κ1) is 12.7. The Morgan fingerprint density at radius 3 is 1.94 bits per heavy atom. The van der Waals surface area contributed by atoms with Gasteiger partial charge in [0, 0.05) is 45.3 Å². The van der Waals surface area contributed by atoms with E-state index >= 15 is 0 Å². The molecular formula is C13H26N4. The molecule has 0 saturated carbocycles. The first-order chi connectivity index (χ1) is 8.16. The second-order valence-electron chi connectivity index (χ2n) is 5.51. The highest BCUT2D eigenvalue weighted by atomic mass is 15.4. The summed E-state index contributed by atoms with van der Waals surface area (Å²) < 4.78 is 0. The van der Waals surface area contributed by atoms with Crippen molar-refractivity contribution >= 4 is 5.96 Å². The van der Waals surface area contributed by atoms with Crippen LogP contribution in [0, 0.1) is 0 Å². The van der Waals surface area contributed by atoms with Gasteiger partial charge in [0.1, 0.15) is 0 Å².